The standard InChI is InChI=1S/C13H15ClN4O2/c1-3-16-13(20)18-12(19)8(2)17-10-5-4-9(7-15)11(14)6-10/h4-6,8,17H,3H2,1-2H3,(H2,16,18,19,20). The van der Waals surface area contributed by atoms with Gasteiger partial charge in [0.25, 0.3) is 0 Å². The van der Waals surface area contributed by atoms with Crippen molar-refractivity contribution in [1.82, 2.24) is 10.6 Å². The van der Waals surface area contributed by atoms with Gasteiger partial charge in [0.15, 0.2) is 0 Å². The molecule has 1 atom stereocenters. The average Bonchev–Trinajstić information content (AvgIpc) is 2.39. The van der Waals surface area contributed by atoms with E-state index in [0.29, 0.717) is 22.8 Å². The zero-order valence-corrected chi connectivity index (χ0v) is 11.9. The molecule has 20 heavy (non-hydrogen) atoms. The number of nitrogens with one attached hydrogen (secondary N) is 3. The van der Waals surface area contributed by atoms with Crippen LogP contribution in [0.25, 0.3) is 0 Å². The van der Waals surface area contributed by atoms with Crippen molar-refractivity contribution in [2.24, 2.45) is 0 Å². The van der Waals surface area contributed by atoms with Gasteiger partial charge >= 0.3 is 6.03 Å². The Bertz CT molecular complexity index is 554. The molecule has 6 nitrogen and oxygen atoms in total. The maximum Gasteiger partial charge on any atom is 0.321 e. The number of imide groups is 1. The lowest BCUT2D eigenvalue weighted by Gasteiger charge is -2.15. The number of rotatable bonds is 4. The van der Waals surface area contributed by atoms with Gasteiger partial charge in [-0.2, -0.15) is 5.26 Å². The van der Waals surface area contributed by atoms with Crippen molar-refractivity contribution in [1.29, 1.82) is 5.26 Å². The molecule has 1 aromatic carbocycles. The highest BCUT2D eigenvalue weighted by atomic mass is 35.5. The number of carbonyl (C=O) groups is 2. The van der Waals surface area contributed by atoms with Gasteiger partial charge in [-0.05, 0) is 32.0 Å². The molecular formula is C13H15ClN4O2. The number of nitriles is 1. The van der Waals surface area contributed by atoms with E-state index in [1.807, 2.05) is 6.07 Å². The zero-order chi connectivity index (χ0) is 15.1. The van der Waals surface area contributed by atoms with Gasteiger partial charge in [0.2, 0.25) is 5.91 Å². The molecule has 106 valence electrons. The van der Waals surface area contributed by atoms with Crippen molar-refractivity contribution in [3.05, 3.63) is 28.8 Å². The van der Waals surface area contributed by atoms with Crippen molar-refractivity contribution >= 4 is 29.2 Å². The van der Waals surface area contributed by atoms with Gasteiger partial charge in [-0.1, -0.05) is 11.6 Å². The van der Waals surface area contributed by atoms with Crippen LogP contribution in [0.2, 0.25) is 5.02 Å². The van der Waals surface area contributed by atoms with Crippen molar-refractivity contribution in [3.63, 3.8) is 0 Å². The third kappa shape index (κ3) is 4.44. The molecule has 0 saturated carbocycles. The van der Waals surface area contributed by atoms with E-state index in [4.69, 9.17) is 16.9 Å². The summed E-state index contributed by atoms with van der Waals surface area (Å²) in [4.78, 5) is 22.9. The van der Waals surface area contributed by atoms with E-state index in [2.05, 4.69) is 16.0 Å². The third-order valence-electron chi connectivity index (χ3n) is 2.44. The van der Waals surface area contributed by atoms with Crippen molar-refractivity contribution in [3.8, 4) is 6.07 Å². The quantitative estimate of drug-likeness (QED) is 0.790. The first kappa shape index (κ1) is 15.8. The van der Waals surface area contributed by atoms with Crippen LogP contribution >= 0.6 is 11.6 Å². The number of nitrogens with zero attached hydrogens (tertiary/aromatic N) is 1. The molecule has 1 rings (SSSR count). The highest BCUT2D eigenvalue weighted by molar-refractivity contribution is 6.32. The van der Waals surface area contributed by atoms with E-state index in [9.17, 15) is 9.59 Å². The normalized spacial score (nSPS) is 11.1. The SMILES string of the molecule is CCNC(=O)NC(=O)C(C)Nc1ccc(C#N)c(Cl)c1. The van der Waals surface area contributed by atoms with E-state index in [1.54, 1.807) is 32.0 Å². The van der Waals surface area contributed by atoms with E-state index in [0.717, 1.165) is 0 Å². The molecule has 3 amide bonds. The minimum atomic E-state index is -0.624. The summed E-state index contributed by atoms with van der Waals surface area (Å²) < 4.78 is 0. The Kier molecular flexibility index (Phi) is 5.81. The summed E-state index contributed by atoms with van der Waals surface area (Å²) in [7, 11) is 0. The van der Waals surface area contributed by atoms with Gasteiger partial charge in [0.1, 0.15) is 12.1 Å². The Morgan fingerprint density at radius 2 is 2.15 bits per heavy atom. The second-order valence-corrected chi connectivity index (χ2v) is 4.43. The fourth-order valence-corrected chi connectivity index (χ4v) is 1.66. The Morgan fingerprint density at radius 3 is 2.70 bits per heavy atom. The summed E-state index contributed by atoms with van der Waals surface area (Å²) in [6, 6.07) is 5.53. The predicted molar refractivity (Wildman–Crippen MR) is 76.5 cm³/mol. The number of anilines is 1. The number of halogens is 1. The Balaban J connectivity index is 2.64. The zero-order valence-electron chi connectivity index (χ0n) is 11.2. The van der Waals surface area contributed by atoms with E-state index >= 15 is 0 Å². The van der Waals surface area contributed by atoms with Crippen LogP contribution in [-0.4, -0.2) is 24.5 Å². The van der Waals surface area contributed by atoms with Crippen LogP contribution in [0.1, 0.15) is 19.4 Å². The fraction of sp³-hybridized carbons (Fsp3) is 0.308. The molecule has 3 N–H and O–H groups in total. The Morgan fingerprint density at radius 1 is 1.45 bits per heavy atom. The minimum Gasteiger partial charge on any atom is -0.374 e. The number of urea groups is 1. The van der Waals surface area contributed by atoms with Crippen LogP contribution in [0.5, 0.6) is 0 Å². The van der Waals surface area contributed by atoms with E-state index in [-0.39, 0.29) is 0 Å². The molecular weight excluding hydrogens is 280 g/mol. The van der Waals surface area contributed by atoms with Crippen LogP contribution in [0.3, 0.4) is 0 Å². The predicted octanol–water partition coefficient (Wildman–Crippen LogP) is 1.86. The summed E-state index contributed by atoms with van der Waals surface area (Å²) in [6.07, 6.45) is 0. The van der Waals surface area contributed by atoms with Gasteiger partial charge < -0.3 is 10.6 Å². The molecule has 0 aliphatic rings. The van der Waals surface area contributed by atoms with Crippen LogP contribution in [0.15, 0.2) is 18.2 Å². The molecule has 0 aromatic heterocycles. The molecule has 0 bridgehead atoms. The van der Waals surface area contributed by atoms with Gasteiger partial charge in [-0.15, -0.1) is 0 Å². The number of carbonyl (C=O) groups excluding carboxylic acids is 2. The summed E-state index contributed by atoms with van der Waals surface area (Å²) in [5.74, 6) is -0.462. The number of benzene rings is 1. The van der Waals surface area contributed by atoms with Crippen LogP contribution in [-0.2, 0) is 4.79 Å². The summed E-state index contributed by atoms with van der Waals surface area (Å²) in [5.41, 5.74) is 0.948. The number of hydrogen-bond acceptors (Lipinski definition) is 4. The molecule has 0 spiro atoms. The maximum absolute atomic E-state index is 11.7. The summed E-state index contributed by atoms with van der Waals surface area (Å²) >= 11 is 5.89. The van der Waals surface area contributed by atoms with Gasteiger partial charge in [0.05, 0.1) is 10.6 Å². The van der Waals surface area contributed by atoms with Crippen molar-refractivity contribution in [2.75, 3.05) is 11.9 Å². The molecule has 0 heterocycles. The average molecular weight is 295 g/mol. The number of hydrogen-bond donors (Lipinski definition) is 3. The Labute approximate surface area is 122 Å². The molecule has 0 fully saturated rings. The molecule has 1 unspecified atom stereocenters. The first-order valence-electron chi connectivity index (χ1n) is 6.02. The smallest absolute Gasteiger partial charge is 0.321 e. The van der Waals surface area contributed by atoms with Crippen LogP contribution in [0, 0.1) is 11.3 Å². The summed E-state index contributed by atoms with van der Waals surface area (Å²) in [6.45, 7) is 3.80. The highest BCUT2D eigenvalue weighted by Gasteiger charge is 2.15. The third-order valence-corrected chi connectivity index (χ3v) is 2.75. The van der Waals surface area contributed by atoms with Crippen molar-refractivity contribution in [2.45, 2.75) is 19.9 Å². The molecule has 0 saturated heterocycles. The molecule has 0 aliphatic carbocycles. The maximum atomic E-state index is 11.7. The Hall–Kier alpha value is -2.26. The van der Waals surface area contributed by atoms with Crippen LogP contribution < -0.4 is 16.0 Å². The minimum absolute atomic E-state index is 0.300. The molecule has 1 aromatic rings. The van der Waals surface area contributed by atoms with E-state index < -0.39 is 18.0 Å². The van der Waals surface area contributed by atoms with Gasteiger partial charge in [-0.3, -0.25) is 10.1 Å². The topological polar surface area (TPSA) is 94.0 Å². The first-order chi connectivity index (χ1) is 9.47. The number of amides is 3. The molecule has 7 heteroatoms. The van der Waals surface area contributed by atoms with Gasteiger partial charge in [0, 0.05) is 12.2 Å². The first-order valence-corrected chi connectivity index (χ1v) is 6.40. The summed E-state index contributed by atoms with van der Waals surface area (Å²) in [5, 5.41) is 16.6. The lowest BCUT2D eigenvalue weighted by molar-refractivity contribution is -0.120. The fourth-order valence-electron chi connectivity index (χ4n) is 1.44. The van der Waals surface area contributed by atoms with Gasteiger partial charge in [-0.25, -0.2) is 4.79 Å². The van der Waals surface area contributed by atoms with Crippen LogP contribution in [0.4, 0.5) is 10.5 Å². The second-order valence-electron chi connectivity index (χ2n) is 4.02. The second kappa shape index (κ2) is 7.36. The monoisotopic (exact) mass is 294 g/mol. The molecule has 0 radical (unpaired) electrons. The van der Waals surface area contributed by atoms with Crippen molar-refractivity contribution < 1.29 is 9.59 Å². The lowest BCUT2D eigenvalue weighted by atomic mass is 10.2. The molecule has 0 aliphatic heterocycles. The largest absolute Gasteiger partial charge is 0.374 e. The lowest BCUT2D eigenvalue weighted by Crippen LogP contribution is -2.45. The van der Waals surface area contributed by atoms with E-state index in [1.165, 1.54) is 0 Å². The highest BCUT2D eigenvalue weighted by Crippen LogP contribution is 2.20.